The Kier molecular flexibility index (Phi) is 2.25. The fourth-order valence-electron chi connectivity index (χ4n) is 2.13. The molecule has 1 heterocycles. The summed E-state index contributed by atoms with van der Waals surface area (Å²) in [5.74, 6) is 2.12. The van der Waals surface area contributed by atoms with Gasteiger partial charge in [-0.2, -0.15) is 0 Å². The maximum atomic E-state index is 5.55. The van der Waals surface area contributed by atoms with Gasteiger partial charge in [0.25, 0.3) is 0 Å². The van der Waals surface area contributed by atoms with E-state index in [0.29, 0.717) is 11.9 Å². The topological polar surface area (TPSA) is 54.7 Å². The lowest BCUT2D eigenvalue weighted by Gasteiger charge is -2.24. The number of imidazole rings is 1. The molecule has 1 aliphatic carbocycles. The minimum atomic E-state index is 0.550. The van der Waals surface area contributed by atoms with Crippen LogP contribution in [0.5, 0.6) is 0 Å². The molecule has 0 amide bonds. The number of hydrogen-bond acceptors (Lipinski definition) is 2. The van der Waals surface area contributed by atoms with Gasteiger partial charge in [-0.1, -0.05) is 19.8 Å². The van der Waals surface area contributed by atoms with Crippen LogP contribution in [0, 0.1) is 5.92 Å². The van der Waals surface area contributed by atoms with Crippen LogP contribution in [0.2, 0.25) is 0 Å². The summed E-state index contributed by atoms with van der Waals surface area (Å²) in [6.45, 7) is 2.33. The Balaban J connectivity index is 2.02. The maximum Gasteiger partial charge on any atom is 0.197 e. The van der Waals surface area contributed by atoms with Crippen LogP contribution in [-0.2, 0) is 0 Å². The third-order valence-corrected chi connectivity index (χ3v) is 3.07. The molecular weight excluding hydrogens is 162 g/mol. The van der Waals surface area contributed by atoms with Crippen molar-refractivity contribution in [2.45, 2.75) is 38.5 Å². The van der Waals surface area contributed by atoms with Crippen molar-refractivity contribution >= 4 is 5.95 Å². The van der Waals surface area contributed by atoms with Crippen molar-refractivity contribution in [1.82, 2.24) is 9.97 Å². The number of aromatic amines is 1. The van der Waals surface area contributed by atoms with Crippen molar-refractivity contribution < 1.29 is 0 Å². The number of anilines is 1. The lowest BCUT2D eigenvalue weighted by Crippen LogP contribution is -2.11. The van der Waals surface area contributed by atoms with Crippen LogP contribution in [-0.4, -0.2) is 9.97 Å². The van der Waals surface area contributed by atoms with Crippen LogP contribution >= 0.6 is 0 Å². The first kappa shape index (κ1) is 8.60. The summed E-state index contributed by atoms with van der Waals surface area (Å²) < 4.78 is 0. The minimum absolute atomic E-state index is 0.550. The molecular formula is C10H17N3. The molecule has 1 aromatic rings. The summed E-state index contributed by atoms with van der Waals surface area (Å²) >= 11 is 0. The zero-order valence-corrected chi connectivity index (χ0v) is 8.09. The molecule has 0 saturated heterocycles. The number of nitrogen functional groups attached to an aromatic ring is 1. The van der Waals surface area contributed by atoms with E-state index in [4.69, 9.17) is 5.73 Å². The van der Waals surface area contributed by atoms with Crippen LogP contribution < -0.4 is 5.73 Å². The molecule has 3 nitrogen and oxygen atoms in total. The minimum Gasteiger partial charge on any atom is -0.369 e. The number of hydrogen-bond donors (Lipinski definition) is 2. The van der Waals surface area contributed by atoms with Crippen LogP contribution in [0.15, 0.2) is 6.20 Å². The highest BCUT2D eigenvalue weighted by molar-refractivity contribution is 5.21. The van der Waals surface area contributed by atoms with Gasteiger partial charge in [0, 0.05) is 11.6 Å². The number of nitrogens with two attached hydrogens (primary N) is 1. The van der Waals surface area contributed by atoms with Crippen LogP contribution in [0.1, 0.15) is 44.2 Å². The highest BCUT2D eigenvalue weighted by atomic mass is 15.0. The van der Waals surface area contributed by atoms with Crippen LogP contribution in [0.25, 0.3) is 0 Å². The van der Waals surface area contributed by atoms with Gasteiger partial charge in [0.15, 0.2) is 5.95 Å². The molecule has 1 aliphatic rings. The average Bonchev–Trinajstić information content (AvgIpc) is 2.53. The van der Waals surface area contributed by atoms with Gasteiger partial charge in [-0.05, 0) is 18.8 Å². The fraction of sp³-hybridized carbons (Fsp3) is 0.700. The fourth-order valence-corrected chi connectivity index (χ4v) is 2.13. The maximum absolute atomic E-state index is 5.55. The van der Waals surface area contributed by atoms with Gasteiger partial charge >= 0.3 is 0 Å². The Labute approximate surface area is 78.7 Å². The van der Waals surface area contributed by atoms with Crippen molar-refractivity contribution in [3.05, 3.63) is 11.9 Å². The summed E-state index contributed by atoms with van der Waals surface area (Å²) in [5, 5.41) is 0. The molecule has 0 radical (unpaired) electrons. The number of aromatic nitrogens is 2. The molecule has 0 bridgehead atoms. The van der Waals surface area contributed by atoms with Crippen molar-refractivity contribution in [2.24, 2.45) is 5.92 Å². The van der Waals surface area contributed by atoms with Gasteiger partial charge in [0.1, 0.15) is 0 Å². The third-order valence-electron chi connectivity index (χ3n) is 3.07. The molecule has 0 unspecified atom stereocenters. The van der Waals surface area contributed by atoms with E-state index in [2.05, 4.69) is 16.9 Å². The monoisotopic (exact) mass is 179 g/mol. The predicted molar refractivity (Wildman–Crippen MR) is 53.4 cm³/mol. The third kappa shape index (κ3) is 1.85. The standard InChI is InChI=1S/C10H17N3/c1-7-2-4-8(5-3-7)9-6-12-10(11)13-9/h6-8H,2-5H2,1H3,(H3,11,12,13). The van der Waals surface area contributed by atoms with E-state index in [1.54, 1.807) is 0 Å². The van der Waals surface area contributed by atoms with Crippen LogP contribution in [0.3, 0.4) is 0 Å². The van der Waals surface area contributed by atoms with Gasteiger partial charge in [0.05, 0.1) is 6.20 Å². The number of rotatable bonds is 1. The second-order valence-corrected chi connectivity index (χ2v) is 4.18. The molecule has 3 N–H and O–H groups in total. The first-order valence-electron chi connectivity index (χ1n) is 5.06. The Morgan fingerprint density at radius 1 is 1.38 bits per heavy atom. The predicted octanol–water partition coefficient (Wildman–Crippen LogP) is 2.29. The van der Waals surface area contributed by atoms with Crippen LogP contribution in [0.4, 0.5) is 5.95 Å². The summed E-state index contributed by atoms with van der Waals surface area (Å²) in [4.78, 5) is 7.16. The second-order valence-electron chi connectivity index (χ2n) is 4.18. The zero-order valence-electron chi connectivity index (χ0n) is 8.09. The molecule has 1 fully saturated rings. The smallest absolute Gasteiger partial charge is 0.197 e. The molecule has 0 aromatic carbocycles. The summed E-state index contributed by atoms with van der Waals surface area (Å²) in [5.41, 5.74) is 6.77. The van der Waals surface area contributed by atoms with Gasteiger partial charge in [0.2, 0.25) is 0 Å². The van der Waals surface area contributed by atoms with E-state index in [1.165, 1.54) is 31.4 Å². The quantitative estimate of drug-likeness (QED) is 0.695. The van der Waals surface area contributed by atoms with E-state index in [9.17, 15) is 0 Å². The van der Waals surface area contributed by atoms with E-state index in [0.717, 1.165) is 5.92 Å². The SMILES string of the molecule is CC1CCC(c2cnc(N)[nH]2)CC1. The largest absolute Gasteiger partial charge is 0.369 e. The van der Waals surface area contributed by atoms with Gasteiger partial charge in [-0.3, -0.25) is 0 Å². The molecule has 72 valence electrons. The van der Waals surface area contributed by atoms with Crippen molar-refractivity contribution in [2.75, 3.05) is 5.73 Å². The van der Waals surface area contributed by atoms with E-state index in [1.807, 2.05) is 6.20 Å². The van der Waals surface area contributed by atoms with E-state index >= 15 is 0 Å². The first-order chi connectivity index (χ1) is 6.25. The average molecular weight is 179 g/mol. The lowest BCUT2D eigenvalue weighted by atomic mass is 9.82. The summed E-state index contributed by atoms with van der Waals surface area (Å²) in [6.07, 6.45) is 7.12. The Morgan fingerprint density at radius 3 is 2.62 bits per heavy atom. The zero-order chi connectivity index (χ0) is 9.26. The molecule has 3 heteroatoms. The summed E-state index contributed by atoms with van der Waals surface area (Å²) in [6, 6.07) is 0. The lowest BCUT2D eigenvalue weighted by molar-refractivity contribution is 0.344. The molecule has 0 aliphatic heterocycles. The number of nitrogens with one attached hydrogen (secondary N) is 1. The van der Waals surface area contributed by atoms with Crippen molar-refractivity contribution in [1.29, 1.82) is 0 Å². The first-order valence-corrected chi connectivity index (χ1v) is 5.06. The molecule has 1 aromatic heterocycles. The highest BCUT2D eigenvalue weighted by Gasteiger charge is 2.20. The normalized spacial score (nSPS) is 29.0. The Bertz CT molecular complexity index is 271. The molecule has 13 heavy (non-hydrogen) atoms. The van der Waals surface area contributed by atoms with Crippen molar-refractivity contribution in [3.8, 4) is 0 Å². The molecule has 1 saturated carbocycles. The second kappa shape index (κ2) is 3.40. The Morgan fingerprint density at radius 2 is 2.08 bits per heavy atom. The van der Waals surface area contributed by atoms with Crippen molar-refractivity contribution in [3.63, 3.8) is 0 Å². The highest BCUT2D eigenvalue weighted by Crippen LogP contribution is 2.34. The number of H-pyrrole nitrogens is 1. The van der Waals surface area contributed by atoms with E-state index in [-0.39, 0.29) is 0 Å². The van der Waals surface area contributed by atoms with Gasteiger partial charge < -0.3 is 10.7 Å². The summed E-state index contributed by atoms with van der Waals surface area (Å²) in [7, 11) is 0. The van der Waals surface area contributed by atoms with E-state index < -0.39 is 0 Å². The van der Waals surface area contributed by atoms with Gasteiger partial charge in [-0.25, -0.2) is 4.98 Å². The molecule has 0 spiro atoms. The molecule has 2 rings (SSSR count). The molecule has 0 atom stereocenters. The van der Waals surface area contributed by atoms with Gasteiger partial charge in [-0.15, -0.1) is 0 Å². The number of nitrogens with zero attached hydrogens (tertiary/aromatic N) is 1. The Hall–Kier alpha value is -0.990.